The van der Waals surface area contributed by atoms with E-state index in [1.807, 2.05) is 6.92 Å². The van der Waals surface area contributed by atoms with E-state index in [0.717, 1.165) is 17.8 Å². The van der Waals surface area contributed by atoms with Crippen molar-refractivity contribution in [3.05, 3.63) is 14.7 Å². The molecule has 98 valence electrons. The number of nitrogens with one attached hydrogen (secondary N) is 1. The summed E-state index contributed by atoms with van der Waals surface area (Å²) in [6.07, 6.45) is 1.38. The van der Waals surface area contributed by atoms with Crippen molar-refractivity contribution in [3.8, 4) is 0 Å². The standard InChI is InChI=1S/C9H12Cl3NO2S2/c1-2-6(10)3-4-13-17(14,15)7-5-8(11)16-9(7)12/h5-6,13H,2-4H2,1H3. The molecule has 1 rings (SSSR count). The molecule has 0 saturated carbocycles. The first kappa shape index (κ1) is 15.5. The average molecular weight is 337 g/mol. The number of hydrogen-bond donors (Lipinski definition) is 1. The molecule has 0 aliphatic rings. The molecule has 3 nitrogen and oxygen atoms in total. The van der Waals surface area contributed by atoms with E-state index in [4.69, 9.17) is 34.8 Å². The zero-order valence-corrected chi connectivity index (χ0v) is 12.9. The fraction of sp³-hybridized carbons (Fsp3) is 0.556. The molecule has 0 amide bonds. The molecule has 1 N–H and O–H groups in total. The first-order valence-electron chi connectivity index (χ1n) is 4.95. The van der Waals surface area contributed by atoms with Crippen molar-refractivity contribution >= 4 is 56.2 Å². The summed E-state index contributed by atoms with van der Waals surface area (Å²) in [5, 5.41) is -0.0285. The normalized spacial score (nSPS) is 13.9. The van der Waals surface area contributed by atoms with Crippen molar-refractivity contribution in [2.24, 2.45) is 0 Å². The summed E-state index contributed by atoms with van der Waals surface area (Å²) >= 11 is 18.4. The quantitative estimate of drug-likeness (QED) is 0.804. The summed E-state index contributed by atoms with van der Waals surface area (Å²) in [6.45, 7) is 2.23. The summed E-state index contributed by atoms with van der Waals surface area (Å²) in [5.41, 5.74) is 0. The Balaban J connectivity index is 2.66. The van der Waals surface area contributed by atoms with Gasteiger partial charge in [-0.05, 0) is 18.9 Å². The third kappa shape index (κ3) is 4.58. The molecule has 0 bridgehead atoms. The van der Waals surface area contributed by atoms with Crippen LogP contribution in [0.1, 0.15) is 19.8 Å². The summed E-state index contributed by atoms with van der Waals surface area (Å²) in [6, 6.07) is 1.34. The Morgan fingerprint density at radius 3 is 2.59 bits per heavy atom. The van der Waals surface area contributed by atoms with Gasteiger partial charge in [0.1, 0.15) is 9.23 Å². The molecule has 17 heavy (non-hydrogen) atoms. The second-order valence-electron chi connectivity index (χ2n) is 3.38. The van der Waals surface area contributed by atoms with Crippen LogP contribution in [-0.4, -0.2) is 20.3 Å². The second kappa shape index (κ2) is 6.59. The number of halogens is 3. The SMILES string of the molecule is CCC(Cl)CCNS(=O)(=O)c1cc(Cl)sc1Cl. The van der Waals surface area contributed by atoms with Crippen LogP contribution in [0.25, 0.3) is 0 Å². The van der Waals surface area contributed by atoms with Crippen LogP contribution in [0, 0.1) is 0 Å². The highest BCUT2D eigenvalue weighted by molar-refractivity contribution is 7.89. The number of thiophene rings is 1. The fourth-order valence-corrected chi connectivity index (χ4v) is 4.44. The number of sulfonamides is 1. The van der Waals surface area contributed by atoms with Crippen LogP contribution in [0.2, 0.25) is 8.67 Å². The molecule has 0 aliphatic carbocycles. The van der Waals surface area contributed by atoms with Gasteiger partial charge in [-0.3, -0.25) is 0 Å². The Hall–Kier alpha value is 0.480. The maximum atomic E-state index is 11.8. The molecule has 0 aliphatic heterocycles. The molecule has 0 radical (unpaired) electrons. The molecule has 0 spiro atoms. The maximum Gasteiger partial charge on any atom is 0.242 e. The summed E-state index contributed by atoms with van der Waals surface area (Å²) < 4.78 is 26.7. The van der Waals surface area contributed by atoms with Crippen molar-refractivity contribution in [2.75, 3.05) is 6.54 Å². The molecule has 1 atom stereocenters. The van der Waals surface area contributed by atoms with Gasteiger partial charge in [0.2, 0.25) is 10.0 Å². The number of rotatable bonds is 6. The first-order chi connectivity index (χ1) is 7.86. The summed E-state index contributed by atoms with van der Waals surface area (Å²) in [4.78, 5) is 0.0248. The van der Waals surface area contributed by atoms with Crippen LogP contribution in [0.3, 0.4) is 0 Å². The van der Waals surface area contributed by atoms with Gasteiger partial charge in [0.05, 0.1) is 4.34 Å². The lowest BCUT2D eigenvalue weighted by atomic mass is 10.2. The van der Waals surface area contributed by atoms with E-state index >= 15 is 0 Å². The van der Waals surface area contributed by atoms with Gasteiger partial charge < -0.3 is 0 Å². The molecular weight excluding hydrogens is 325 g/mol. The third-order valence-electron chi connectivity index (χ3n) is 2.11. The molecule has 1 unspecified atom stereocenters. The predicted molar refractivity (Wildman–Crippen MR) is 74.1 cm³/mol. The average Bonchev–Trinajstić information content (AvgIpc) is 2.58. The van der Waals surface area contributed by atoms with Gasteiger partial charge >= 0.3 is 0 Å². The Labute approximate surface area is 120 Å². The van der Waals surface area contributed by atoms with E-state index in [2.05, 4.69) is 4.72 Å². The van der Waals surface area contributed by atoms with E-state index in [-0.39, 0.29) is 21.2 Å². The Kier molecular flexibility index (Phi) is 6.02. The lowest BCUT2D eigenvalue weighted by molar-refractivity contribution is 0.577. The minimum absolute atomic E-state index is 0.0248. The molecule has 8 heteroatoms. The number of alkyl halides is 1. The molecular formula is C9H12Cl3NO2S2. The third-order valence-corrected chi connectivity index (χ3v) is 5.85. The topological polar surface area (TPSA) is 46.2 Å². The van der Waals surface area contributed by atoms with Gasteiger partial charge in [0, 0.05) is 11.9 Å². The van der Waals surface area contributed by atoms with E-state index < -0.39 is 10.0 Å². The van der Waals surface area contributed by atoms with Crippen molar-refractivity contribution in [3.63, 3.8) is 0 Å². The minimum Gasteiger partial charge on any atom is -0.211 e. The van der Waals surface area contributed by atoms with Crippen LogP contribution in [0.15, 0.2) is 11.0 Å². The zero-order chi connectivity index (χ0) is 13.1. The van der Waals surface area contributed by atoms with Crippen LogP contribution in [-0.2, 0) is 10.0 Å². The van der Waals surface area contributed by atoms with Crippen molar-refractivity contribution in [1.29, 1.82) is 0 Å². The maximum absolute atomic E-state index is 11.8. The first-order valence-corrected chi connectivity index (χ1v) is 8.44. The second-order valence-corrected chi connectivity index (χ2v) is 8.02. The Morgan fingerprint density at radius 2 is 2.12 bits per heavy atom. The van der Waals surface area contributed by atoms with Gasteiger partial charge in [0.25, 0.3) is 0 Å². The summed E-state index contributed by atoms with van der Waals surface area (Å²) in [7, 11) is -3.59. The van der Waals surface area contributed by atoms with Gasteiger partial charge in [-0.25, -0.2) is 13.1 Å². The monoisotopic (exact) mass is 335 g/mol. The van der Waals surface area contributed by atoms with Gasteiger partial charge in [-0.2, -0.15) is 0 Å². The van der Waals surface area contributed by atoms with Crippen LogP contribution < -0.4 is 4.72 Å². The predicted octanol–water partition coefficient (Wildman–Crippen LogP) is 3.74. The van der Waals surface area contributed by atoms with Crippen molar-refractivity contribution in [1.82, 2.24) is 4.72 Å². The highest BCUT2D eigenvalue weighted by Crippen LogP contribution is 2.34. The zero-order valence-electron chi connectivity index (χ0n) is 9.04. The molecule has 0 aromatic carbocycles. The lowest BCUT2D eigenvalue weighted by Crippen LogP contribution is -2.26. The smallest absolute Gasteiger partial charge is 0.211 e. The Bertz CT molecular complexity index is 473. The van der Waals surface area contributed by atoms with Crippen LogP contribution in [0.5, 0.6) is 0 Å². The van der Waals surface area contributed by atoms with Crippen molar-refractivity contribution in [2.45, 2.75) is 30.0 Å². The minimum atomic E-state index is -3.59. The highest BCUT2D eigenvalue weighted by Gasteiger charge is 2.20. The van der Waals surface area contributed by atoms with E-state index in [0.29, 0.717) is 10.8 Å². The molecule has 0 fully saturated rings. The highest BCUT2D eigenvalue weighted by atomic mass is 35.5. The summed E-state index contributed by atoms with van der Waals surface area (Å²) in [5.74, 6) is 0. The van der Waals surface area contributed by atoms with E-state index in [1.165, 1.54) is 6.07 Å². The molecule has 0 saturated heterocycles. The van der Waals surface area contributed by atoms with Gasteiger partial charge in [-0.1, -0.05) is 30.1 Å². The van der Waals surface area contributed by atoms with Crippen molar-refractivity contribution < 1.29 is 8.42 Å². The van der Waals surface area contributed by atoms with Gasteiger partial charge in [0.15, 0.2) is 0 Å². The fourth-order valence-electron chi connectivity index (χ4n) is 1.14. The number of hydrogen-bond acceptors (Lipinski definition) is 3. The van der Waals surface area contributed by atoms with E-state index in [9.17, 15) is 8.42 Å². The molecule has 1 aromatic heterocycles. The molecule has 1 aromatic rings. The van der Waals surface area contributed by atoms with Gasteiger partial charge in [-0.15, -0.1) is 22.9 Å². The largest absolute Gasteiger partial charge is 0.242 e. The lowest BCUT2D eigenvalue weighted by Gasteiger charge is -2.08. The Morgan fingerprint density at radius 1 is 1.47 bits per heavy atom. The molecule has 1 heterocycles. The van der Waals surface area contributed by atoms with E-state index in [1.54, 1.807) is 0 Å². The van der Waals surface area contributed by atoms with Crippen LogP contribution in [0.4, 0.5) is 0 Å². The van der Waals surface area contributed by atoms with Crippen LogP contribution >= 0.6 is 46.1 Å².